The molecule has 11 heteroatoms. The van der Waals surface area contributed by atoms with Gasteiger partial charge in [0.1, 0.15) is 16.3 Å². The van der Waals surface area contributed by atoms with E-state index in [9.17, 15) is 18.1 Å². The van der Waals surface area contributed by atoms with Crippen LogP contribution in [0.25, 0.3) is 11.0 Å². The predicted molar refractivity (Wildman–Crippen MR) is 136 cm³/mol. The molecule has 8 nitrogen and oxygen atoms in total. The van der Waals surface area contributed by atoms with Gasteiger partial charge in [-0.2, -0.15) is 5.10 Å². The van der Waals surface area contributed by atoms with E-state index in [-0.39, 0.29) is 43.6 Å². The van der Waals surface area contributed by atoms with Gasteiger partial charge >= 0.3 is 0 Å². The molecule has 1 saturated carbocycles. The molecule has 3 unspecified atom stereocenters. The molecule has 36 heavy (non-hydrogen) atoms. The predicted octanol–water partition coefficient (Wildman–Crippen LogP) is 4.71. The van der Waals surface area contributed by atoms with Crippen LogP contribution in [0.1, 0.15) is 87.3 Å². The molecule has 3 aromatic rings. The van der Waals surface area contributed by atoms with Crippen LogP contribution in [0.3, 0.4) is 0 Å². The van der Waals surface area contributed by atoms with Gasteiger partial charge in [0.05, 0.1) is 23.1 Å². The largest absolute Gasteiger partial charge is 0.598 e. The van der Waals surface area contributed by atoms with E-state index in [0.717, 1.165) is 11.1 Å². The van der Waals surface area contributed by atoms with Gasteiger partial charge < -0.3 is 14.9 Å². The van der Waals surface area contributed by atoms with Crippen LogP contribution in [0, 0.1) is 5.92 Å². The monoisotopic (exact) mass is 520 g/mol. The summed E-state index contributed by atoms with van der Waals surface area (Å²) in [7, 11) is 1.68. The maximum absolute atomic E-state index is 13.9. The van der Waals surface area contributed by atoms with E-state index in [1.165, 1.54) is 10.9 Å². The highest BCUT2D eigenvalue weighted by Gasteiger charge is 2.39. The third-order valence-corrected chi connectivity index (χ3v) is 8.41. The van der Waals surface area contributed by atoms with Crippen LogP contribution in [0.4, 0.5) is 8.78 Å². The Balaban J connectivity index is 1.61. The van der Waals surface area contributed by atoms with Gasteiger partial charge in [0.15, 0.2) is 0 Å². The van der Waals surface area contributed by atoms with Crippen LogP contribution in [0.5, 0.6) is 0 Å². The summed E-state index contributed by atoms with van der Waals surface area (Å²) in [6.07, 6.45) is 1.68. The number of H-pyrrole nitrogens is 1. The van der Waals surface area contributed by atoms with E-state index >= 15 is 0 Å². The molecule has 0 spiro atoms. The number of aromatic amines is 1. The number of hydrogen-bond acceptors (Lipinski definition) is 5. The van der Waals surface area contributed by atoms with Crippen LogP contribution in [0.15, 0.2) is 30.5 Å². The lowest BCUT2D eigenvalue weighted by atomic mass is 9.81. The molecular formula is C25H34F2N6O2S. The lowest BCUT2D eigenvalue weighted by Crippen LogP contribution is -2.40. The zero-order chi connectivity index (χ0) is 26.3. The van der Waals surface area contributed by atoms with Crippen LogP contribution in [0.2, 0.25) is 0 Å². The maximum Gasteiger partial charge on any atom is 0.270 e. The molecule has 1 aliphatic carbocycles. The second-order valence-electron chi connectivity index (χ2n) is 10.6. The molecule has 196 valence electrons. The van der Waals surface area contributed by atoms with Crippen molar-refractivity contribution >= 4 is 28.3 Å². The number of nitrogens with zero attached hydrogens (tertiary/aromatic N) is 3. The second-order valence-corrected chi connectivity index (χ2v) is 12.6. The van der Waals surface area contributed by atoms with Crippen molar-refractivity contribution in [2.75, 3.05) is 0 Å². The standard InChI is InChI=1S/C25H34F2N6O2S/c1-15(32-36(35)24(2,3)4)17-6-7-18-19(14-17)30-22(29-18)21(16-8-11-25(26,27)12-9-16)31-23(34)20-10-13-28-33(20)5/h6-7,10,13-16,21,32H,8-9,11-12H2,1-5H3,(H,29,30)(H,31,34). The highest BCUT2D eigenvalue weighted by Crippen LogP contribution is 2.41. The summed E-state index contributed by atoms with van der Waals surface area (Å²) in [5.41, 5.74) is 2.78. The summed E-state index contributed by atoms with van der Waals surface area (Å²) in [5, 5.41) is 7.07. The number of benzene rings is 1. The van der Waals surface area contributed by atoms with Crippen molar-refractivity contribution in [2.24, 2.45) is 13.0 Å². The highest BCUT2D eigenvalue weighted by molar-refractivity contribution is 7.90. The molecular weight excluding hydrogens is 486 g/mol. The zero-order valence-corrected chi connectivity index (χ0v) is 22.1. The Morgan fingerprint density at radius 1 is 1.28 bits per heavy atom. The topological polar surface area (TPSA) is 111 Å². The van der Waals surface area contributed by atoms with Crippen LogP contribution in [-0.4, -0.2) is 40.9 Å². The number of carbonyl (C=O) groups is 1. The minimum absolute atomic E-state index is 0.165. The normalized spacial score (nSPS) is 19.2. The van der Waals surface area contributed by atoms with Crippen molar-refractivity contribution in [3.63, 3.8) is 0 Å². The molecule has 1 fully saturated rings. The number of fused-ring (bicyclic) bond motifs is 1. The Hall–Kier alpha value is -2.50. The van der Waals surface area contributed by atoms with Gasteiger partial charge in [-0.1, -0.05) is 6.07 Å². The lowest BCUT2D eigenvalue weighted by Gasteiger charge is -2.33. The molecule has 3 atom stereocenters. The quantitative estimate of drug-likeness (QED) is 0.391. The first-order valence-electron chi connectivity index (χ1n) is 12.2. The Labute approximate surface area is 212 Å². The number of imidazole rings is 1. The van der Waals surface area contributed by atoms with E-state index in [0.29, 0.717) is 17.0 Å². The number of rotatable bonds is 7. The lowest BCUT2D eigenvalue weighted by molar-refractivity contribution is -0.0496. The minimum atomic E-state index is -2.67. The molecule has 0 bridgehead atoms. The van der Waals surface area contributed by atoms with E-state index in [1.807, 2.05) is 45.9 Å². The first-order chi connectivity index (χ1) is 16.8. The van der Waals surface area contributed by atoms with Crippen molar-refractivity contribution < 1.29 is 18.1 Å². The number of amides is 1. The first kappa shape index (κ1) is 26.6. The van der Waals surface area contributed by atoms with Crippen LogP contribution < -0.4 is 10.0 Å². The van der Waals surface area contributed by atoms with E-state index in [4.69, 9.17) is 4.98 Å². The Morgan fingerprint density at radius 2 is 1.97 bits per heavy atom. The van der Waals surface area contributed by atoms with E-state index in [2.05, 4.69) is 20.1 Å². The molecule has 1 aliphatic rings. The summed E-state index contributed by atoms with van der Waals surface area (Å²) in [5.74, 6) is -2.66. The third kappa shape index (κ3) is 5.90. The maximum atomic E-state index is 13.9. The van der Waals surface area contributed by atoms with Crippen molar-refractivity contribution in [1.82, 2.24) is 29.8 Å². The van der Waals surface area contributed by atoms with Gasteiger partial charge in [-0.25, -0.2) is 13.8 Å². The Kier molecular flexibility index (Phi) is 7.45. The molecule has 0 aliphatic heterocycles. The fourth-order valence-corrected chi connectivity index (χ4v) is 5.30. The second kappa shape index (κ2) is 10.1. The van der Waals surface area contributed by atoms with Gasteiger partial charge in [0.25, 0.3) is 5.91 Å². The van der Waals surface area contributed by atoms with Crippen molar-refractivity contribution in [1.29, 1.82) is 0 Å². The molecule has 1 amide bonds. The summed E-state index contributed by atoms with van der Waals surface area (Å²) in [4.78, 5) is 21.1. The third-order valence-electron chi connectivity index (χ3n) is 6.73. The number of hydrogen-bond donors (Lipinski definition) is 3. The first-order valence-corrected chi connectivity index (χ1v) is 13.3. The zero-order valence-electron chi connectivity index (χ0n) is 21.3. The molecule has 0 saturated heterocycles. The number of alkyl halides is 2. The highest BCUT2D eigenvalue weighted by atomic mass is 32.2. The molecule has 2 heterocycles. The minimum Gasteiger partial charge on any atom is -0.598 e. The molecule has 1 aromatic carbocycles. The average Bonchev–Trinajstić information content (AvgIpc) is 3.42. The number of aryl methyl sites for hydroxylation is 1. The van der Waals surface area contributed by atoms with E-state index in [1.54, 1.807) is 13.1 Å². The fraction of sp³-hybridized carbons (Fsp3) is 0.560. The number of nitrogens with one attached hydrogen (secondary N) is 3. The summed E-state index contributed by atoms with van der Waals surface area (Å²) in [6, 6.07) is 6.64. The average molecular weight is 521 g/mol. The molecule has 2 aromatic heterocycles. The number of aromatic nitrogens is 4. The molecule has 3 N–H and O–H groups in total. The molecule has 0 radical (unpaired) electrons. The number of halogens is 2. The Bertz CT molecular complexity index is 1210. The van der Waals surface area contributed by atoms with Gasteiger partial charge in [-0.15, -0.1) is 4.72 Å². The van der Waals surface area contributed by atoms with Crippen LogP contribution in [-0.2, 0) is 18.4 Å². The summed E-state index contributed by atoms with van der Waals surface area (Å²) >= 11 is -1.23. The fourth-order valence-electron chi connectivity index (χ4n) is 4.49. The smallest absolute Gasteiger partial charge is 0.270 e. The van der Waals surface area contributed by atoms with Crippen LogP contribution >= 0.6 is 0 Å². The summed E-state index contributed by atoms with van der Waals surface area (Å²) < 4.78 is 44.5. The van der Waals surface area contributed by atoms with E-state index < -0.39 is 28.1 Å². The van der Waals surface area contributed by atoms with Crippen molar-refractivity contribution in [3.8, 4) is 0 Å². The van der Waals surface area contributed by atoms with Crippen molar-refractivity contribution in [2.45, 2.75) is 76.1 Å². The Morgan fingerprint density at radius 3 is 2.58 bits per heavy atom. The van der Waals surface area contributed by atoms with Gasteiger partial charge in [-0.3, -0.25) is 9.48 Å². The van der Waals surface area contributed by atoms with Gasteiger partial charge in [-0.05, 0) is 70.2 Å². The summed E-state index contributed by atoms with van der Waals surface area (Å²) in [6.45, 7) is 7.68. The van der Waals surface area contributed by atoms with Crippen molar-refractivity contribution in [3.05, 3.63) is 47.5 Å². The SMILES string of the molecule is CC(N[S+]([O-])C(C)(C)C)c1ccc2nc(C(NC(=O)c3ccnn3C)C3CCC(F)(F)CC3)[nH]c2c1. The number of carbonyl (C=O) groups excluding carboxylic acids is 1. The molecule has 4 rings (SSSR count). The van der Waals surface area contributed by atoms with Gasteiger partial charge in [0, 0.05) is 37.4 Å². The van der Waals surface area contributed by atoms with Gasteiger partial charge in [0.2, 0.25) is 5.92 Å².